The number of hydrogen-bond acceptors (Lipinski definition) is 2. The molecule has 74 valence electrons. The Kier molecular flexibility index (Phi) is 4.06. The van der Waals surface area contributed by atoms with Gasteiger partial charge in [-0.2, -0.15) is 5.26 Å². The van der Waals surface area contributed by atoms with E-state index in [4.69, 9.17) is 33.2 Å². The second kappa shape index (κ2) is 5.09. The molecule has 0 heterocycles. The molecule has 0 fully saturated rings. The maximum atomic E-state index is 8.68. The van der Waals surface area contributed by atoms with Crippen molar-refractivity contribution < 1.29 is 4.74 Å². The van der Waals surface area contributed by atoms with Crippen LogP contribution in [0.25, 0.3) is 0 Å². The molecular weight excluding hydrogens is 221 g/mol. The highest BCUT2D eigenvalue weighted by Crippen LogP contribution is 2.25. The predicted molar refractivity (Wildman–Crippen MR) is 56.8 cm³/mol. The van der Waals surface area contributed by atoms with Gasteiger partial charge in [0, 0.05) is 10.0 Å². The lowest BCUT2D eigenvalue weighted by Crippen LogP contribution is -2.11. The summed E-state index contributed by atoms with van der Waals surface area (Å²) < 4.78 is 5.34. The SMILES string of the molecule is CCC(C#N)Oc1cc(Cl)cc(Cl)c1. The summed E-state index contributed by atoms with van der Waals surface area (Å²) in [5.41, 5.74) is 0. The van der Waals surface area contributed by atoms with Crippen LogP contribution in [0.1, 0.15) is 13.3 Å². The number of benzene rings is 1. The van der Waals surface area contributed by atoms with Crippen molar-refractivity contribution in [1.29, 1.82) is 5.26 Å². The number of hydrogen-bond donors (Lipinski definition) is 0. The van der Waals surface area contributed by atoms with E-state index in [-0.39, 0.29) is 0 Å². The molecule has 0 bridgehead atoms. The van der Waals surface area contributed by atoms with E-state index in [0.29, 0.717) is 22.2 Å². The number of nitriles is 1. The second-order valence-corrected chi connectivity index (χ2v) is 3.62. The van der Waals surface area contributed by atoms with E-state index < -0.39 is 6.10 Å². The Morgan fingerprint density at radius 1 is 1.36 bits per heavy atom. The smallest absolute Gasteiger partial charge is 0.184 e. The first-order valence-corrected chi connectivity index (χ1v) is 4.93. The van der Waals surface area contributed by atoms with Gasteiger partial charge in [0.15, 0.2) is 6.10 Å². The predicted octanol–water partition coefficient (Wildman–Crippen LogP) is 3.67. The zero-order chi connectivity index (χ0) is 10.6. The molecule has 0 aliphatic carbocycles. The van der Waals surface area contributed by atoms with Crippen LogP contribution in [-0.4, -0.2) is 6.10 Å². The van der Waals surface area contributed by atoms with Gasteiger partial charge in [-0.3, -0.25) is 0 Å². The molecule has 0 aliphatic heterocycles. The van der Waals surface area contributed by atoms with E-state index in [2.05, 4.69) is 0 Å². The Morgan fingerprint density at radius 2 is 1.93 bits per heavy atom. The van der Waals surface area contributed by atoms with Crippen LogP contribution in [0.5, 0.6) is 5.75 Å². The molecule has 14 heavy (non-hydrogen) atoms. The van der Waals surface area contributed by atoms with Crippen LogP contribution >= 0.6 is 23.2 Å². The molecule has 0 aliphatic rings. The molecule has 0 aromatic heterocycles. The van der Waals surface area contributed by atoms with Gasteiger partial charge in [0.25, 0.3) is 0 Å². The Bertz CT molecular complexity index is 339. The Hall–Kier alpha value is -0.910. The Balaban J connectivity index is 2.82. The van der Waals surface area contributed by atoms with Crippen molar-refractivity contribution in [3.63, 3.8) is 0 Å². The van der Waals surface area contributed by atoms with E-state index in [9.17, 15) is 0 Å². The summed E-state index contributed by atoms with van der Waals surface area (Å²) in [5, 5.41) is 9.69. The molecule has 0 amide bonds. The van der Waals surface area contributed by atoms with Crippen molar-refractivity contribution in [3.05, 3.63) is 28.2 Å². The van der Waals surface area contributed by atoms with Crippen LogP contribution in [0.4, 0.5) is 0 Å². The Morgan fingerprint density at radius 3 is 2.36 bits per heavy atom. The van der Waals surface area contributed by atoms with Crippen LogP contribution in [0.2, 0.25) is 10.0 Å². The number of ether oxygens (including phenoxy) is 1. The van der Waals surface area contributed by atoms with Crippen molar-refractivity contribution in [2.75, 3.05) is 0 Å². The third-order valence-corrected chi connectivity index (χ3v) is 2.07. The van der Waals surface area contributed by atoms with Crippen LogP contribution in [0, 0.1) is 11.3 Å². The van der Waals surface area contributed by atoms with Crippen LogP contribution in [-0.2, 0) is 0 Å². The number of nitrogens with zero attached hydrogens (tertiary/aromatic N) is 1. The first-order valence-electron chi connectivity index (χ1n) is 4.18. The van der Waals surface area contributed by atoms with Crippen molar-refractivity contribution in [3.8, 4) is 11.8 Å². The monoisotopic (exact) mass is 229 g/mol. The molecule has 4 heteroatoms. The van der Waals surface area contributed by atoms with Crippen molar-refractivity contribution in [2.45, 2.75) is 19.4 Å². The average Bonchev–Trinajstić information content (AvgIpc) is 2.12. The van der Waals surface area contributed by atoms with E-state index in [0.717, 1.165) is 0 Å². The fraction of sp³-hybridized carbons (Fsp3) is 0.300. The van der Waals surface area contributed by atoms with E-state index in [1.165, 1.54) is 0 Å². The number of rotatable bonds is 3. The Labute approximate surface area is 93.0 Å². The van der Waals surface area contributed by atoms with Crippen LogP contribution in [0.15, 0.2) is 18.2 Å². The molecule has 0 radical (unpaired) electrons. The molecular formula is C10H9Cl2NO. The first kappa shape index (κ1) is 11.2. The maximum Gasteiger partial charge on any atom is 0.184 e. The second-order valence-electron chi connectivity index (χ2n) is 2.75. The third kappa shape index (κ3) is 3.10. The molecule has 0 saturated carbocycles. The fourth-order valence-electron chi connectivity index (χ4n) is 0.962. The lowest BCUT2D eigenvalue weighted by Gasteiger charge is -2.10. The lowest BCUT2D eigenvalue weighted by molar-refractivity contribution is 0.252. The summed E-state index contributed by atoms with van der Waals surface area (Å²) in [6, 6.07) is 6.91. The number of halogens is 2. The van der Waals surface area contributed by atoms with Gasteiger partial charge in [0.2, 0.25) is 0 Å². The van der Waals surface area contributed by atoms with E-state index >= 15 is 0 Å². The molecule has 0 spiro atoms. The molecule has 1 aromatic rings. The molecule has 1 unspecified atom stereocenters. The van der Waals surface area contributed by atoms with Gasteiger partial charge >= 0.3 is 0 Å². The summed E-state index contributed by atoms with van der Waals surface area (Å²) in [7, 11) is 0. The van der Waals surface area contributed by atoms with Crippen molar-refractivity contribution in [2.24, 2.45) is 0 Å². The first-order chi connectivity index (χ1) is 6.65. The molecule has 0 N–H and O–H groups in total. The van der Waals surface area contributed by atoms with Gasteiger partial charge in [0.05, 0.1) is 0 Å². The minimum Gasteiger partial charge on any atom is -0.475 e. The highest BCUT2D eigenvalue weighted by atomic mass is 35.5. The summed E-state index contributed by atoms with van der Waals surface area (Å²) in [5.74, 6) is 0.524. The van der Waals surface area contributed by atoms with Crippen molar-refractivity contribution in [1.82, 2.24) is 0 Å². The van der Waals surface area contributed by atoms with Gasteiger partial charge in [-0.05, 0) is 24.6 Å². The molecule has 2 nitrogen and oxygen atoms in total. The average molecular weight is 230 g/mol. The molecule has 1 aromatic carbocycles. The quantitative estimate of drug-likeness (QED) is 0.793. The minimum atomic E-state index is -0.454. The molecule has 1 atom stereocenters. The van der Waals surface area contributed by atoms with Crippen LogP contribution < -0.4 is 4.74 Å². The molecule has 1 rings (SSSR count). The largest absolute Gasteiger partial charge is 0.475 e. The van der Waals surface area contributed by atoms with E-state index in [1.807, 2.05) is 13.0 Å². The molecule has 0 saturated heterocycles. The zero-order valence-electron chi connectivity index (χ0n) is 7.63. The standard InChI is InChI=1S/C10H9Cl2NO/c1-2-9(6-13)14-10-4-7(11)3-8(12)5-10/h3-5,9H,2H2,1H3. The fourth-order valence-corrected chi connectivity index (χ4v) is 1.47. The van der Waals surface area contributed by atoms with Gasteiger partial charge in [0.1, 0.15) is 11.8 Å². The minimum absolute atomic E-state index is 0.454. The summed E-state index contributed by atoms with van der Waals surface area (Å²) in [4.78, 5) is 0. The lowest BCUT2D eigenvalue weighted by atomic mass is 10.3. The highest BCUT2D eigenvalue weighted by Gasteiger charge is 2.07. The summed E-state index contributed by atoms with van der Waals surface area (Å²) >= 11 is 11.5. The maximum absolute atomic E-state index is 8.68. The van der Waals surface area contributed by atoms with Gasteiger partial charge in [-0.1, -0.05) is 30.1 Å². The van der Waals surface area contributed by atoms with Crippen molar-refractivity contribution >= 4 is 23.2 Å². The van der Waals surface area contributed by atoms with E-state index in [1.54, 1.807) is 18.2 Å². The highest BCUT2D eigenvalue weighted by molar-refractivity contribution is 6.34. The normalized spacial score (nSPS) is 11.9. The zero-order valence-corrected chi connectivity index (χ0v) is 9.14. The topological polar surface area (TPSA) is 33.0 Å². The summed E-state index contributed by atoms with van der Waals surface area (Å²) in [6.07, 6.45) is 0.171. The third-order valence-electron chi connectivity index (χ3n) is 1.63. The van der Waals surface area contributed by atoms with Gasteiger partial charge in [-0.25, -0.2) is 0 Å². The summed E-state index contributed by atoms with van der Waals surface area (Å²) in [6.45, 7) is 1.88. The van der Waals surface area contributed by atoms with Crippen LogP contribution in [0.3, 0.4) is 0 Å². The van der Waals surface area contributed by atoms with Gasteiger partial charge < -0.3 is 4.74 Å². The van der Waals surface area contributed by atoms with Gasteiger partial charge in [-0.15, -0.1) is 0 Å².